The van der Waals surface area contributed by atoms with Gasteiger partial charge in [0.25, 0.3) is 0 Å². The molecule has 240 valence electrons. The summed E-state index contributed by atoms with van der Waals surface area (Å²) in [6.07, 6.45) is 4.56. The lowest BCUT2D eigenvalue weighted by Crippen LogP contribution is -2.19. The van der Waals surface area contributed by atoms with Crippen molar-refractivity contribution >= 4 is 57.7 Å². The molecule has 5 aromatic rings. The smallest absolute Gasteiger partial charge is 0.166 e. The van der Waals surface area contributed by atoms with E-state index >= 15 is 0 Å². The molecule has 0 saturated heterocycles. The molecule has 5 rings (SSSR count). The summed E-state index contributed by atoms with van der Waals surface area (Å²) < 4.78 is 8.12. The number of para-hydroxylation sites is 1. The van der Waals surface area contributed by atoms with Gasteiger partial charge in [0, 0.05) is 52.9 Å². The normalized spacial score (nSPS) is 11.8. The Balaban J connectivity index is 1.61. The summed E-state index contributed by atoms with van der Waals surface area (Å²) in [6.45, 7) is 10.1. The van der Waals surface area contributed by atoms with Gasteiger partial charge in [0.15, 0.2) is 6.29 Å². The highest BCUT2D eigenvalue weighted by molar-refractivity contribution is 6.34. The number of ether oxygens (including phenoxy) is 1. The number of rotatable bonds is 13. The molecule has 0 atom stereocenters. The van der Waals surface area contributed by atoms with Gasteiger partial charge >= 0.3 is 0 Å². The Bertz CT molecular complexity index is 1900. The van der Waals surface area contributed by atoms with E-state index in [2.05, 4.69) is 40.8 Å². The van der Waals surface area contributed by atoms with Crippen molar-refractivity contribution < 1.29 is 9.53 Å². The van der Waals surface area contributed by atoms with Crippen LogP contribution in [0.5, 0.6) is 5.75 Å². The first-order chi connectivity index (χ1) is 22.1. The number of aryl methyl sites for hydroxylation is 4. The van der Waals surface area contributed by atoms with E-state index in [0.717, 1.165) is 103 Å². The number of hydrogen-bond donors (Lipinski definition) is 3. The van der Waals surface area contributed by atoms with Crippen LogP contribution in [0.2, 0.25) is 10.0 Å². The molecule has 0 fully saturated rings. The fourth-order valence-electron chi connectivity index (χ4n) is 6.02. The number of fused-ring (bicyclic) bond motifs is 1. The van der Waals surface area contributed by atoms with E-state index in [1.165, 1.54) is 0 Å². The highest BCUT2D eigenvalue weighted by Gasteiger charge is 2.22. The topological polar surface area (TPSA) is 84.0 Å². The third-order valence-electron chi connectivity index (χ3n) is 8.37. The maximum Gasteiger partial charge on any atom is 0.166 e. The molecule has 0 aliphatic heterocycles. The van der Waals surface area contributed by atoms with Crippen molar-refractivity contribution in [1.82, 2.24) is 20.1 Å². The summed E-state index contributed by atoms with van der Waals surface area (Å²) in [5.41, 5.74) is 11.5. The lowest BCUT2D eigenvalue weighted by molar-refractivity contribution is 0.111. The highest BCUT2D eigenvalue weighted by atomic mass is 35.5. The summed E-state index contributed by atoms with van der Waals surface area (Å²) in [6, 6.07) is 16.0. The van der Waals surface area contributed by atoms with E-state index < -0.39 is 0 Å². The minimum absolute atomic E-state index is 0.531. The Kier molecular flexibility index (Phi) is 10.6. The van der Waals surface area contributed by atoms with Gasteiger partial charge in [-0.15, -0.1) is 0 Å². The zero-order chi connectivity index (χ0) is 33.0. The predicted octanol–water partition coefficient (Wildman–Crippen LogP) is 8.95. The zero-order valence-corrected chi connectivity index (χ0v) is 28.8. The molecule has 0 spiro atoms. The molecule has 2 heterocycles. The number of H-pyrrole nitrogens is 1. The SMILES string of the molecule is CNCCNc1c(/C(=C/c2cccc3cc(C=O)[nH]c23)CCCOc2cc(C)c(Cl)c(C)c2)ccc(Cl)c1-c1c(C)nn(C)c1C. The number of carbonyl (C=O) groups is 1. The average molecular weight is 659 g/mol. The van der Waals surface area contributed by atoms with Crippen molar-refractivity contribution in [2.75, 3.05) is 32.1 Å². The van der Waals surface area contributed by atoms with Crippen LogP contribution in [0.4, 0.5) is 5.69 Å². The van der Waals surface area contributed by atoms with Crippen molar-refractivity contribution in [3.8, 4) is 16.9 Å². The van der Waals surface area contributed by atoms with Crippen molar-refractivity contribution in [2.24, 2.45) is 7.05 Å². The molecule has 0 unspecified atom stereocenters. The van der Waals surface area contributed by atoms with Crippen LogP contribution in [-0.4, -0.2) is 47.8 Å². The molecule has 9 heteroatoms. The van der Waals surface area contributed by atoms with Crippen molar-refractivity contribution in [1.29, 1.82) is 0 Å². The number of aromatic amines is 1. The lowest BCUT2D eigenvalue weighted by atomic mass is 9.91. The quantitative estimate of drug-likeness (QED) is 0.0669. The first kappa shape index (κ1) is 33.3. The lowest BCUT2D eigenvalue weighted by Gasteiger charge is -2.21. The van der Waals surface area contributed by atoms with Crippen LogP contribution in [0, 0.1) is 27.7 Å². The number of halogens is 2. The summed E-state index contributed by atoms with van der Waals surface area (Å²) in [5.74, 6) is 0.813. The van der Waals surface area contributed by atoms with Gasteiger partial charge in [-0.1, -0.05) is 47.5 Å². The maximum atomic E-state index is 11.6. The van der Waals surface area contributed by atoms with Crippen LogP contribution in [0.25, 0.3) is 33.7 Å². The number of aromatic nitrogens is 3. The molecule has 7 nitrogen and oxygen atoms in total. The van der Waals surface area contributed by atoms with Crippen LogP contribution < -0.4 is 15.4 Å². The number of allylic oxidation sites excluding steroid dienone is 1. The molecule has 0 amide bonds. The van der Waals surface area contributed by atoms with Gasteiger partial charge in [0.1, 0.15) is 5.75 Å². The summed E-state index contributed by atoms with van der Waals surface area (Å²) in [4.78, 5) is 14.9. The average Bonchev–Trinajstić information content (AvgIpc) is 3.57. The molecular formula is C37H41Cl2N5O2. The van der Waals surface area contributed by atoms with E-state index in [9.17, 15) is 4.79 Å². The molecule has 0 aliphatic rings. The Hall–Kier alpha value is -4.04. The van der Waals surface area contributed by atoms with Gasteiger partial charge in [-0.3, -0.25) is 9.48 Å². The van der Waals surface area contributed by atoms with Crippen LogP contribution in [-0.2, 0) is 7.05 Å². The molecule has 3 aromatic carbocycles. The van der Waals surface area contributed by atoms with Crippen LogP contribution in [0.1, 0.15) is 57.0 Å². The Labute approximate surface area is 281 Å². The Morgan fingerprint density at radius 3 is 2.46 bits per heavy atom. The number of hydrogen-bond acceptors (Lipinski definition) is 5. The van der Waals surface area contributed by atoms with E-state index in [1.54, 1.807) is 0 Å². The number of benzene rings is 3. The van der Waals surface area contributed by atoms with Gasteiger partial charge in [0.2, 0.25) is 0 Å². The molecule has 3 N–H and O–H groups in total. The number of carbonyl (C=O) groups excluding carboxylic acids is 1. The fourth-order valence-corrected chi connectivity index (χ4v) is 6.38. The van der Waals surface area contributed by atoms with Gasteiger partial charge in [-0.25, -0.2) is 0 Å². The fraction of sp³-hybridized carbons (Fsp3) is 0.297. The predicted molar refractivity (Wildman–Crippen MR) is 193 cm³/mol. The third-order valence-corrected chi connectivity index (χ3v) is 9.28. The van der Waals surface area contributed by atoms with Crippen molar-refractivity contribution in [2.45, 2.75) is 40.5 Å². The number of aldehydes is 1. The highest BCUT2D eigenvalue weighted by Crippen LogP contribution is 2.44. The minimum atomic E-state index is 0.531. The molecule has 0 radical (unpaired) electrons. The van der Waals surface area contributed by atoms with E-state index in [-0.39, 0.29) is 0 Å². The Morgan fingerprint density at radius 1 is 1.02 bits per heavy atom. The van der Waals surface area contributed by atoms with Gasteiger partial charge < -0.3 is 20.4 Å². The van der Waals surface area contributed by atoms with E-state index in [4.69, 9.17) is 33.0 Å². The van der Waals surface area contributed by atoms with Gasteiger partial charge in [-0.2, -0.15) is 5.10 Å². The van der Waals surface area contributed by atoms with E-state index in [0.29, 0.717) is 23.9 Å². The maximum absolute atomic E-state index is 11.6. The number of anilines is 1. The van der Waals surface area contributed by atoms with Crippen LogP contribution in [0.3, 0.4) is 0 Å². The van der Waals surface area contributed by atoms with Crippen LogP contribution in [0.15, 0.2) is 48.5 Å². The second-order valence-corrected chi connectivity index (χ2v) is 12.5. The Morgan fingerprint density at radius 2 is 1.78 bits per heavy atom. The summed E-state index contributed by atoms with van der Waals surface area (Å²) in [7, 11) is 3.90. The number of likely N-dealkylation sites (N-methyl/N-ethyl adjacent to an activating group) is 1. The number of nitrogens with one attached hydrogen (secondary N) is 3. The molecule has 2 aromatic heterocycles. The molecule has 0 bridgehead atoms. The summed E-state index contributed by atoms with van der Waals surface area (Å²) >= 11 is 13.4. The second-order valence-electron chi connectivity index (χ2n) is 11.7. The first-order valence-electron chi connectivity index (χ1n) is 15.5. The molecule has 0 aliphatic carbocycles. The second kappa shape index (κ2) is 14.6. The van der Waals surface area contributed by atoms with Crippen LogP contribution >= 0.6 is 23.2 Å². The first-order valence-corrected chi connectivity index (χ1v) is 16.3. The minimum Gasteiger partial charge on any atom is -0.494 e. The summed E-state index contributed by atoms with van der Waals surface area (Å²) in [5, 5.41) is 14.1. The zero-order valence-electron chi connectivity index (χ0n) is 27.3. The third kappa shape index (κ3) is 7.02. The number of nitrogens with zero attached hydrogens (tertiary/aromatic N) is 2. The molecule has 46 heavy (non-hydrogen) atoms. The molecule has 0 saturated carbocycles. The largest absolute Gasteiger partial charge is 0.494 e. The monoisotopic (exact) mass is 657 g/mol. The van der Waals surface area contributed by atoms with Gasteiger partial charge in [0.05, 0.1) is 34.2 Å². The van der Waals surface area contributed by atoms with E-state index in [1.807, 2.05) is 75.9 Å². The van der Waals surface area contributed by atoms with Gasteiger partial charge in [-0.05, 0) is 100 Å². The standard InChI is InChI=1S/C37H41Cl2N5O2/c1-22-17-30(18-23(2)35(22)39)46-16-8-11-26(19-27-9-7-10-28-20-29(21-45)42-36(27)28)31-12-13-32(38)34(37(31)41-15-14-40-5)33-24(3)43-44(6)25(33)4/h7,9-10,12-13,17-21,40-42H,8,11,14-16H2,1-6H3/b26-19+. The molecular weight excluding hydrogens is 617 g/mol. The van der Waals surface area contributed by atoms with Crippen molar-refractivity contribution in [3.63, 3.8) is 0 Å². The van der Waals surface area contributed by atoms with Crippen molar-refractivity contribution in [3.05, 3.63) is 97.9 Å².